The number of nitrogens with zero attached hydrogens (tertiary/aromatic N) is 2. The predicted octanol–water partition coefficient (Wildman–Crippen LogP) is 3.54. The molecular formula is C27H30N2O6. The molecule has 0 bridgehead atoms. The van der Waals surface area contributed by atoms with E-state index in [1.807, 2.05) is 43.3 Å². The third-order valence-electron chi connectivity index (χ3n) is 6.73. The number of rotatable bonds is 7. The van der Waals surface area contributed by atoms with Gasteiger partial charge in [-0.05, 0) is 43.0 Å². The SMILES string of the molecule is COC[C@@H](C(=O)N1CCC[C@H](C(=O)O)C1)N(C)c1ccc2c(-c3ccccc3C)cc(=O)oc2c1. The predicted molar refractivity (Wildman–Crippen MR) is 134 cm³/mol. The van der Waals surface area contributed by atoms with Gasteiger partial charge in [-0.1, -0.05) is 24.3 Å². The monoisotopic (exact) mass is 478 g/mol. The molecule has 2 aromatic carbocycles. The Morgan fingerprint density at radius 3 is 2.69 bits per heavy atom. The number of piperidine rings is 1. The summed E-state index contributed by atoms with van der Waals surface area (Å²) in [5, 5.41) is 10.2. The van der Waals surface area contributed by atoms with Gasteiger partial charge in [0.1, 0.15) is 11.6 Å². The number of carboxylic acids is 1. The van der Waals surface area contributed by atoms with Gasteiger partial charge in [-0.15, -0.1) is 0 Å². The van der Waals surface area contributed by atoms with Crippen molar-refractivity contribution in [1.29, 1.82) is 0 Å². The van der Waals surface area contributed by atoms with Crippen LogP contribution in [0.5, 0.6) is 0 Å². The van der Waals surface area contributed by atoms with E-state index in [4.69, 9.17) is 9.15 Å². The zero-order valence-corrected chi connectivity index (χ0v) is 20.2. The Morgan fingerprint density at radius 1 is 1.20 bits per heavy atom. The summed E-state index contributed by atoms with van der Waals surface area (Å²) in [6.45, 7) is 2.83. The van der Waals surface area contributed by atoms with Crippen LogP contribution in [0, 0.1) is 12.8 Å². The summed E-state index contributed by atoms with van der Waals surface area (Å²) < 4.78 is 10.9. The summed E-state index contributed by atoms with van der Waals surface area (Å²) in [7, 11) is 3.31. The number of benzene rings is 2. The van der Waals surface area contributed by atoms with Crippen molar-refractivity contribution in [3.63, 3.8) is 0 Å². The number of anilines is 1. The van der Waals surface area contributed by atoms with Crippen LogP contribution in [0.1, 0.15) is 18.4 Å². The van der Waals surface area contributed by atoms with E-state index < -0.39 is 23.6 Å². The Balaban J connectivity index is 1.68. The molecule has 184 valence electrons. The van der Waals surface area contributed by atoms with Crippen molar-refractivity contribution >= 4 is 28.5 Å². The van der Waals surface area contributed by atoms with E-state index in [1.54, 1.807) is 22.9 Å². The van der Waals surface area contributed by atoms with Gasteiger partial charge in [0, 0.05) is 56.0 Å². The van der Waals surface area contributed by atoms with Crippen molar-refractivity contribution in [3.8, 4) is 11.1 Å². The molecule has 2 heterocycles. The van der Waals surface area contributed by atoms with Gasteiger partial charge < -0.3 is 24.1 Å². The molecule has 1 saturated heterocycles. The first kappa shape index (κ1) is 24.5. The number of carbonyl (C=O) groups is 2. The van der Waals surface area contributed by atoms with Crippen molar-refractivity contribution in [3.05, 3.63) is 64.5 Å². The van der Waals surface area contributed by atoms with Crippen LogP contribution in [0.15, 0.2) is 57.7 Å². The van der Waals surface area contributed by atoms with Gasteiger partial charge in [0.15, 0.2) is 0 Å². The molecule has 1 aromatic heterocycles. The number of hydrogen-bond donors (Lipinski definition) is 1. The van der Waals surface area contributed by atoms with Gasteiger partial charge in [0.25, 0.3) is 0 Å². The maximum atomic E-state index is 13.4. The average Bonchev–Trinajstić information content (AvgIpc) is 2.86. The highest BCUT2D eigenvalue weighted by molar-refractivity contribution is 5.96. The molecule has 1 aliphatic heterocycles. The average molecular weight is 479 g/mol. The second-order valence-electron chi connectivity index (χ2n) is 9.02. The van der Waals surface area contributed by atoms with Gasteiger partial charge in [-0.25, -0.2) is 4.79 Å². The Morgan fingerprint density at radius 2 is 1.97 bits per heavy atom. The van der Waals surface area contributed by atoms with Crippen LogP contribution in [-0.4, -0.2) is 61.8 Å². The zero-order valence-electron chi connectivity index (χ0n) is 20.2. The highest BCUT2D eigenvalue weighted by Gasteiger charge is 2.34. The van der Waals surface area contributed by atoms with Gasteiger partial charge >= 0.3 is 11.6 Å². The molecule has 0 spiro atoms. The van der Waals surface area contributed by atoms with Gasteiger partial charge in [-0.2, -0.15) is 0 Å². The minimum atomic E-state index is -0.881. The first-order valence-electron chi connectivity index (χ1n) is 11.7. The lowest BCUT2D eigenvalue weighted by molar-refractivity contribution is -0.146. The molecule has 0 aliphatic carbocycles. The Kier molecular flexibility index (Phi) is 7.21. The molecule has 1 amide bonds. The lowest BCUT2D eigenvalue weighted by atomic mass is 9.97. The summed E-state index contributed by atoms with van der Waals surface area (Å²) in [4.78, 5) is 40.7. The van der Waals surface area contributed by atoms with Gasteiger partial charge in [0.2, 0.25) is 5.91 Å². The van der Waals surface area contributed by atoms with Crippen LogP contribution in [0.3, 0.4) is 0 Å². The summed E-state index contributed by atoms with van der Waals surface area (Å²) in [6.07, 6.45) is 1.21. The summed E-state index contributed by atoms with van der Waals surface area (Å²) in [5.74, 6) is -1.63. The summed E-state index contributed by atoms with van der Waals surface area (Å²) >= 11 is 0. The third-order valence-corrected chi connectivity index (χ3v) is 6.73. The zero-order chi connectivity index (χ0) is 25.1. The number of aryl methyl sites for hydroxylation is 1. The summed E-state index contributed by atoms with van der Waals surface area (Å²) in [6, 6.07) is 14.2. The number of likely N-dealkylation sites (N-methyl/N-ethyl adjacent to an activating group) is 1. The van der Waals surface area contributed by atoms with Crippen molar-refractivity contribution in [2.24, 2.45) is 5.92 Å². The maximum absolute atomic E-state index is 13.4. The molecule has 35 heavy (non-hydrogen) atoms. The standard InChI is InChI=1S/C27H30N2O6/c1-17-7-4-5-9-20(17)22-14-25(30)35-24-13-19(10-11-21(22)24)28(2)23(16-34-3)26(31)29-12-6-8-18(15-29)27(32)33/h4-5,7,9-11,13-14,18,23H,6,8,12,15-16H2,1-3H3,(H,32,33)/t18-,23-/m0/s1. The second kappa shape index (κ2) is 10.3. The van der Waals surface area contributed by atoms with Crippen LogP contribution in [-0.2, 0) is 14.3 Å². The van der Waals surface area contributed by atoms with Crippen molar-refractivity contribution in [2.45, 2.75) is 25.8 Å². The van der Waals surface area contributed by atoms with Crippen LogP contribution in [0.25, 0.3) is 22.1 Å². The Bertz CT molecular complexity index is 1300. The fraction of sp³-hybridized carbons (Fsp3) is 0.370. The number of carboxylic acid groups (broad SMARTS) is 1. The largest absolute Gasteiger partial charge is 0.481 e. The molecule has 0 saturated carbocycles. The number of aliphatic carboxylic acids is 1. The Hall–Kier alpha value is -3.65. The summed E-state index contributed by atoms with van der Waals surface area (Å²) in [5.41, 5.74) is 3.45. The normalized spacial score (nSPS) is 16.8. The van der Waals surface area contributed by atoms with E-state index in [1.165, 1.54) is 13.2 Å². The molecule has 8 nitrogen and oxygen atoms in total. The molecule has 1 fully saturated rings. The molecule has 1 N–H and O–H groups in total. The minimum Gasteiger partial charge on any atom is -0.481 e. The first-order valence-corrected chi connectivity index (χ1v) is 11.7. The number of methoxy groups -OCH3 is 1. The van der Waals surface area contributed by atoms with Gasteiger partial charge in [-0.3, -0.25) is 9.59 Å². The maximum Gasteiger partial charge on any atom is 0.336 e. The number of fused-ring (bicyclic) bond motifs is 1. The molecule has 4 rings (SSSR count). The number of hydrogen-bond acceptors (Lipinski definition) is 6. The highest BCUT2D eigenvalue weighted by atomic mass is 16.5. The molecule has 3 aromatic rings. The number of carbonyl (C=O) groups excluding carboxylic acids is 1. The van der Waals surface area contributed by atoms with Gasteiger partial charge in [0.05, 0.1) is 12.5 Å². The molecule has 0 unspecified atom stereocenters. The van der Waals surface area contributed by atoms with E-state index in [0.717, 1.165) is 22.1 Å². The molecule has 8 heteroatoms. The van der Waals surface area contributed by atoms with Crippen molar-refractivity contribution in [1.82, 2.24) is 4.90 Å². The van der Waals surface area contributed by atoms with E-state index >= 15 is 0 Å². The quantitative estimate of drug-likeness (QED) is 0.519. The second-order valence-corrected chi connectivity index (χ2v) is 9.02. The van der Waals surface area contributed by atoms with E-state index in [2.05, 4.69) is 0 Å². The minimum absolute atomic E-state index is 0.134. The van der Waals surface area contributed by atoms with Crippen molar-refractivity contribution < 1.29 is 23.8 Å². The third kappa shape index (κ3) is 5.07. The van der Waals surface area contributed by atoms with Crippen LogP contribution in [0.4, 0.5) is 5.69 Å². The van der Waals surface area contributed by atoms with E-state index in [-0.39, 0.29) is 19.1 Å². The van der Waals surface area contributed by atoms with E-state index in [9.17, 15) is 19.5 Å². The molecule has 0 radical (unpaired) electrons. The van der Waals surface area contributed by atoms with Crippen molar-refractivity contribution in [2.75, 3.05) is 38.8 Å². The number of ether oxygens (including phenoxy) is 1. The number of amides is 1. The Labute approximate surface area is 203 Å². The molecular weight excluding hydrogens is 448 g/mol. The molecule has 2 atom stereocenters. The van der Waals surface area contributed by atoms with Crippen LogP contribution in [0.2, 0.25) is 0 Å². The van der Waals surface area contributed by atoms with Crippen LogP contribution < -0.4 is 10.5 Å². The highest BCUT2D eigenvalue weighted by Crippen LogP contribution is 2.32. The number of likely N-dealkylation sites (tertiary alicyclic amines) is 1. The lowest BCUT2D eigenvalue weighted by Crippen LogP contribution is -2.53. The fourth-order valence-corrected chi connectivity index (χ4v) is 4.74. The lowest BCUT2D eigenvalue weighted by Gasteiger charge is -2.36. The first-order chi connectivity index (χ1) is 16.8. The van der Waals surface area contributed by atoms with Crippen LogP contribution >= 0.6 is 0 Å². The molecule has 1 aliphatic rings. The van der Waals surface area contributed by atoms with E-state index in [0.29, 0.717) is 30.7 Å². The smallest absolute Gasteiger partial charge is 0.336 e. The topological polar surface area (TPSA) is 100 Å². The fourth-order valence-electron chi connectivity index (χ4n) is 4.74.